The van der Waals surface area contributed by atoms with Gasteiger partial charge in [0.05, 0.1) is 11.5 Å². The average molecular weight is 310 g/mol. The number of nitrogens with one attached hydrogen (secondary N) is 1. The second kappa shape index (κ2) is 5.85. The van der Waals surface area contributed by atoms with Gasteiger partial charge in [-0.1, -0.05) is 17.7 Å². The molecule has 1 heterocycles. The molecule has 0 radical (unpaired) electrons. The van der Waals surface area contributed by atoms with Gasteiger partial charge in [-0.25, -0.2) is 8.42 Å². The number of anilines is 1. The maximum absolute atomic E-state index is 12.0. The fourth-order valence-electron chi connectivity index (χ4n) is 2.23. The first kappa shape index (κ1) is 15.5. The van der Waals surface area contributed by atoms with E-state index in [1.54, 1.807) is 12.1 Å². The Bertz CT molecular complexity index is 652. The van der Waals surface area contributed by atoms with Crippen molar-refractivity contribution in [3.8, 4) is 0 Å². The molecule has 7 heteroatoms. The number of hydrogen-bond donors (Lipinski definition) is 1. The molecular formula is C14H18N2O4S. The minimum Gasteiger partial charge on any atom is -0.333 e. The van der Waals surface area contributed by atoms with E-state index >= 15 is 0 Å². The lowest BCUT2D eigenvalue weighted by molar-refractivity contribution is -0.143. The minimum absolute atomic E-state index is 0.0644. The summed E-state index contributed by atoms with van der Waals surface area (Å²) in [6.07, 6.45) is 0.377. The van der Waals surface area contributed by atoms with Gasteiger partial charge in [0.25, 0.3) is 0 Å². The maximum atomic E-state index is 12.0. The maximum Gasteiger partial charge on any atom is 0.313 e. The number of carbonyl (C=O) groups is 2. The number of rotatable bonds is 2. The Kier molecular flexibility index (Phi) is 4.32. The van der Waals surface area contributed by atoms with Crippen molar-refractivity contribution >= 4 is 27.3 Å². The summed E-state index contributed by atoms with van der Waals surface area (Å²) in [4.78, 5) is 25.2. The number of carbonyl (C=O) groups excluding carboxylic acids is 2. The fraction of sp³-hybridized carbons (Fsp3) is 0.429. The summed E-state index contributed by atoms with van der Waals surface area (Å²) in [5, 5.41) is 2.51. The molecule has 114 valence electrons. The van der Waals surface area contributed by atoms with Crippen LogP contribution in [-0.4, -0.2) is 49.7 Å². The summed E-state index contributed by atoms with van der Waals surface area (Å²) in [7, 11) is -1.63. The van der Waals surface area contributed by atoms with Crippen LogP contribution >= 0.6 is 0 Å². The van der Waals surface area contributed by atoms with Crippen molar-refractivity contribution in [2.45, 2.75) is 19.4 Å². The Morgan fingerprint density at radius 3 is 2.38 bits per heavy atom. The minimum atomic E-state index is -3.09. The van der Waals surface area contributed by atoms with Gasteiger partial charge in [0.1, 0.15) is 0 Å². The molecule has 1 aromatic carbocycles. The molecule has 0 saturated carbocycles. The molecule has 0 spiro atoms. The molecule has 1 N–H and O–H groups in total. The van der Waals surface area contributed by atoms with Gasteiger partial charge in [0.15, 0.2) is 9.84 Å². The third kappa shape index (κ3) is 3.81. The van der Waals surface area contributed by atoms with Crippen molar-refractivity contribution in [3.05, 3.63) is 29.8 Å². The topological polar surface area (TPSA) is 83.6 Å². The van der Waals surface area contributed by atoms with E-state index in [4.69, 9.17) is 0 Å². The van der Waals surface area contributed by atoms with Gasteiger partial charge in [-0.2, -0.15) is 0 Å². The zero-order chi connectivity index (χ0) is 15.6. The van der Waals surface area contributed by atoms with Crippen molar-refractivity contribution in [1.29, 1.82) is 0 Å². The fourth-order valence-corrected chi connectivity index (χ4v) is 4.00. The van der Waals surface area contributed by atoms with Crippen molar-refractivity contribution in [2.75, 3.05) is 23.9 Å². The summed E-state index contributed by atoms with van der Waals surface area (Å²) in [5.74, 6) is -1.50. The Balaban J connectivity index is 1.99. The Morgan fingerprint density at radius 2 is 1.86 bits per heavy atom. The van der Waals surface area contributed by atoms with Gasteiger partial charge in [-0.15, -0.1) is 0 Å². The van der Waals surface area contributed by atoms with E-state index in [1.807, 2.05) is 19.1 Å². The van der Waals surface area contributed by atoms with Crippen LogP contribution in [0.15, 0.2) is 24.3 Å². The number of sulfone groups is 1. The van der Waals surface area contributed by atoms with Crippen LogP contribution in [0.3, 0.4) is 0 Å². The highest BCUT2D eigenvalue weighted by atomic mass is 32.2. The lowest BCUT2D eigenvalue weighted by atomic mass is 10.2. The number of nitrogens with zero attached hydrogens (tertiary/aromatic N) is 1. The standard InChI is InChI=1S/C14H18N2O4S/c1-10-3-5-11(6-4-10)15-13(17)14(18)16(2)12-7-8-21(19,20)9-12/h3-6,12H,7-9H2,1-2H3,(H,15,17). The van der Waals surface area contributed by atoms with Gasteiger partial charge >= 0.3 is 11.8 Å². The molecular weight excluding hydrogens is 292 g/mol. The Labute approximate surface area is 124 Å². The van der Waals surface area contributed by atoms with E-state index < -0.39 is 27.7 Å². The predicted octanol–water partition coefficient (Wildman–Crippen LogP) is 0.579. The predicted molar refractivity (Wildman–Crippen MR) is 79.6 cm³/mol. The first-order valence-corrected chi connectivity index (χ1v) is 8.46. The van der Waals surface area contributed by atoms with Crippen molar-refractivity contribution in [3.63, 3.8) is 0 Å². The van der Waals surface area contributed by atoms with Gasteiger partial charge in [-0.3, -0.25) is 9.59 Å². The van der Waals surface area contributed by atoms with E-state index in [9.17, 15) is 18.0 Å². The van der Waals surface area contributed by atoms with E-state index in [-0.39, 0.29) is 11.5 Å². The van der Waals surface area contributed by atoms with Gasteiger partial charge < -0.3 is 10.2 Å². The summed E-state index contributed by atoms with van der Waals surface area (Å²) < 4.78 is 22.8. The number of benzene rings is 1. The Morgan fingerprint density at radius 1 is 1.24 bits per heavy atom. The molecule has 2 amide bonds. The first-order chi connectivity index (χ1) is 9.78. The van der Waals surface area contributed by atoms with Crippen LogP contribution in [0.1, 0.15) is 12.0 Å². The molecule has 2 rings (SSSR count). The summed E-state index contributed by atoms with van der Waals surface area (Å²) in [5.41, 5.74) is 1.58. The molecule has 0 bridgehead atoms. The molecule has 1 unspecified atom stereocenters. The van der Waals surface area contributed by atoms with Gasteiger partial charge in [0, 0.05) is 18.8 Å². The summed E-state index contributed by atoms with van der Waals surface area (Å²) in [6.45, 7) is 1.92. The van der Waals surface area contributed by atoms with Gasteiger partial charge in [-0.05, 0) is 25.5 Å². The molecule has 1 aliphatic rings. The molecule has 1 atom stereocenters. The highest BCUT2D eigenvalue weighted by Gasteiger charge is 2.34. The summed E-state index contributed by atoms with van der Waals surface area (Å²) >= 11 is 0. The second-order valence-electron chi connectivity index (χ2n) is 5.29. The van der Waals surface area contributed by atoms with E-state index in [0.717, 1.165) is 5.56 Å². The highest BCUT2D eigenvalue weighted by Crippen LogP contribution is 2.17. The zero-order valence-corrected chi connectivity index (χ0v) is 12.8. The van der Waals surface area contributed by atoms with Crippen LogP contribution in [0.2, 0.25) is 0 Å². The molecule has 1 saturated heterocycles. The van der Waals surface area contributed by atoms with Gasteiger partial charge in [0.2, 0.25) is 0 Å². The van der Waals surface area contributed by atoms with Crippen LogP contribution < -0.4 is 5.32 Å². The Hall–Kier alpha value is -1.89. The first-order valence-electron chi connectivity index (χ1n) is 6.64. The molecule has 0 aliphatic carbocycles. The van der Waals surface area contributed by atoms with Crippen LogP contribution in [0.25, 0.3) is 0 Å². The molecule has 6 nitrogen and oxygen atoms in total. The second-order valence-corrected chi connectivity index (χ2v) is 7.52. The third-order valence-electron chi connectivity index (χ3n) is 3.58. The van der Waals surface area contributed by atoms with Crippen molar-refractivity contribution in [2.24, 2.45) is 0 Å². The van der Waals surface area contributed by atoms with Crippen LogP contribution in [0, 0.1) is 6.92 Å². The lowest BCUT2D eigenvalue weighted by Gasteiger charge is -2.22. The average Bonchev–Trinajstić information content (AvgIpc) is 2.80. The number of amides is 2. The number of likely N-dealkylation sites (N-methyl/N-ethyl adjacent to an activating group) is 1. The highest BCUT2D eigenvalue weighted by molar-refractivity contribution is 7.91. The van der Waals surface area contributed by atoms with E-state index in [1.165, 1.54) is 11.9 Å². The van der Waals surface area contributed by atoms with Crippen LogP contribution in [0.4, 0.5) is 5.69 Å². The number of aryl methyl sites for hydroxylation is 1. The third-order valence-corrected chi connectivity index (χ3v) is 5.33. The quantitative estimate of drug-likeness (QED) is 0.810. The lowest BCUT2D eigenvalue weighted by Crippen LogP contribution is -2.43. The van der Waals surface area contributed by atoms with E-state index in [0.29, 0.717) is 12.1 Å². The van der Waals surface area contributed by atoms with E-state index in [2.05, 4.69) is 5.32 Å². The van der Waals surface area contributed by atoms with Crippen LogP contribution in [0.5, 0.6) is 0 Å². The SMILES string of the molecule is Cc1ccc(NC(=O)C(=O)N(C)C2CCS(=O)(=O)C2)cc1. The summed E-state index contributed by atoms with van der Waals surface area (Å²) in [6, 6.07) is 6.65. The molecule has 21 heavy (non-hydrogen) atoms. The molecule has 1 aliphatic heterocycles. The normalized spacial score (nSPS) is 20.0. The van der Waals surface area contributed by atoms with Crippen molar-refractivity contribution in [1.82, 2.24) is 4.90 Å². The number of hydrogen-bond acceptors (Lipinski definition) is 4. The molecule has 0 aromatic heterocycles. The zero-order valence-electron chi connectivity index (χ0n) is 12.0. The smallest absolute Gasteiger partial charge is 0.313 e. The molecule has 1 aromatic rings. The monoisotopic (exact) mass is 310 g/mol. The van der Waals surface area contributed by atoms with Crippen molar-refractivity contribution < 1.29 is 18.0 Å². The largest absolute Gasteiger partial charge is 0.333 e. The van der Waals surface area contributed by atoms with Crippen LogP contribution in [-0.2, 0) is 19.4 Å². The molecule has 1 fully saturated rings.